The molecule has 41 heavy (non-hydrogen) atoms. The van der Waals surface area contributed by atoms with Crippen molar-refractivity contribution in [1.82, 2.24) is 14.5 Å². The smallest absolute Gasteiger partial charge is 0.261 e. The Morgan fingerprint density at radius 2 is 1.71 bits per heavy atom. The first-order valence-corrected chi connectivity index (χ1v) is 14.4. The van der Waals surface area contributed by atoms with E-state index in [0.29, 0.717) is 29.3 Å². The molecular weight excluding hydrogens is 540 g/mol. The lowest BCUT2D eigenvalue weighted by Crippen LogP contribution is -2.26. The third-order valence-corrected chi connectivity index (χ3v) is 7.83. The van der Waals surface area contributed by atoms with Gasteiger partial charge in [0.25, 0.3) is 21.8 Å². The molecular formula is C30H28N6O4S. The van der Waals surface area contributed by atoms with Crippen molar-refractivity contribution in [1.29, 1.82) is 0 Å². The summed E-state index contributed by atoms with van der Waals surface area (Å²) < 4.78 is 29.9. The minimum Gasteiger partial charge on any atom is -0.311 e. The van der Waals surface area contributed by atoms with Gasteiger partial charge in [-0.3, -0.25) is 24.6 Å². The molecule has 0 aliphatic rings. The molecule has 208 valence electrons. The second-order valence-electron chi connectivity index (χ2n) is 9.32. The van der Waals surface area contributed by atoms with Crippen LogP contribution in [0.3, 0.4) is 0 Å². The molecule has 0 atom stereocenters. The Bertz CT molecular complexity index is 1820. The van der Waals surface area contributed by atoms with Gasteiger partial charge in [-0.2, -0.15) is 0 Å². The van der Waals surface area contributed by atoms with Gasteiger partial charge >= 0.3 is 0 Å². The fourth-order valence-electron chi connectivity index (χ4n) is 4.38. The maximum absolute atomic E-state index is 13.3. The molecule has 2 amide bonds. The summed E-state index contributed by atoms with van der Waals surface area (Å²) in [6, 6.07) is 23.2. The Kier molecular flexibility index (Phi) is 7.79. The average molecular weight is 569 g/mol. The first-order valence-electron chi connectivity index (χ1n) is 12.9. The van der Waals surface area contributed by atoms with Gasteiger partial charge in [-0.25, -0.2) is 13.4 Å². The molecule has 5 rings (SSSR count). The number of hydrogen-bond donors (Lipinski definition) is 2. The second kappa shape index (κ2) is 11.6. The SMILES string of the molecule is CCCn1c(NC(=O)c2cccc(NS(=O)(=O)c3ccccc3)c2)nc2cc(N(C)C(=O)c3cccnc3)ccc21. The van der Waals surface area contributed by atoms with Crippen LogP contribution in [0.1, 0.15) is 34.1 Å². The minimum atomic E-state index is -3.81. The number of aryl methyl sites for hydroxylation is 1. The zero-order valence-corrected chi connectivity index (χ0v) is 23.3. The Balaban J connectivity index is 1.39. The summed E-state index contributed by atoms with van der Waals surface area (Å²) in [6.07, 6.45) is 3.92. The number of aromatic nitrogens is 3. The monoisotopic (exact) mass is 568 g/mol. The van der Waals surface area contributed by atoms with Gasteiger partial charge in [-0.1, -0.05) is 31.2 Å². The Labute approximate surface area is 237 Å². The van der Waals surface area contributed by atoms with Crippen LogP contribution in [0, 0.1) is 0 Å². The molecule has 2 aromatic heterocycles. The van der Waals surface area contributed by atoms with Gasteiger partial charge in [0.05, 0.1) is 21.5 Å². The highest BCUT2D eigenvalue weighted by atomic mass is 32.2. The fraction of sp³-hybridized carbons (Fsp3) is 0.133. The number of rotatable bonds is 9. The van der Waals surface area contributed by atoms with Gasteiger partial charge < -0.3 is 9.47 Å². The normalized spacial score (nSPS) is 11.3. The van der Waals surface area contributed by atoms with Gasteiger partial charge in [0.2, 0.25) is 5.95 Å². The highest BCUT2D eigenvalue weighted by Gasteiger charge is 2.19. The van der Waals surface area contributed by atoms with E-state index in [1.54, 1.807) is 67.8 Å². The van der Waals surface area contributed by atoms with Crippen LogP contribution in [-0.2, 0) is 16.6 Å². The van der Waals surface area contributed by atoms with Crippen LogP contribution in [0.2, 0.25) is 0 Å². The minimum absolute atomic E-state index is 0.121. The summed E-state index contributed by atoms with van der Waals surface area (Å²) in [5.74, 6) is -0.301. The molecule has 0 bridgehead atoms. The van der Waals surface area contributed by atoms with Crippen LogP contribution in [0.5, 0.6) is 0 Å². The van der Waals surface area contributed by atoms with E-state index in [-0.39, 0.29) is 22.1 Å². The quantitative estimate of drug-likeness (QED) is 0.253. The van der Waals surface area contributed by atoms with Crippen LogP contribution in [0.4, 0.5) is 17.3 Å². The van der Waals surface area contributed by atoms with E-state index in [1.807, 2.05) is 23.6 Å². The van der Waals surface area contributed by atoms with Crippen molar-refractivity contribution in [3.63, 3.8) is 0 Å². The number of nitrogens with one attached hydrogen (secondary N) is 2. The van der Waals surface area contributed by atoms with Crippen molar-refractivity contribution < 1.29 is 18.0 Å². The number of sulfonamides is 1. The predicted octanol–water partition coefficient (Wildman–Crippen LogP) is 5.17. The topological polar surface area (TPSA) is 126 Å². The molecule has 0 fully saturated rings. The zero-order valence-electron chi connectivity index (χ0n) is 22.5. The van der Waals surface area contributed by atoms with E-state index < -0.39 is 15.9 Å². The Morgan fingerprint density at radius 3 is 2.44 bits per heavy atom. The van der Waals surface area contributed by atoms with E-state index in [2.05, 4.69) is 20.0 Å². The lowest BCUT2D eigenvalue weighted by molar-refractivity contribution is 0.0990. The van der Waals surface area contributed by atoms with E-state index in [9.17, 15) is 18.0 Å². The molecule has 0 aliphatic heterocycles. The summed E-state index contributed by atoms with van der Waals surface area (Å²) in [5.41, 5.74) is 3.04. The highest BCUT2D eigenvalue weighted by molar-refractivity contribution is 7.92. The van der Waals surface area contributed by atoms with E-state index in [4.69, 9.17) is 0 Å². The molecule has 0 aliphatic carbocycles. The molecule has 10 nitrogen and oxygen atoms in total. The Hall–Kier alpha value is -5.03. The summed E-state index contributed by atoms with van der Waals surface area (Å²) in [4.78, 5) is 36.5. The number of imidazole rings is 1. The number of amides is 2. The van der Waals surface area contributed by atoms with E-state index in [1.165, 1.54) is 29.3 Å². The molecule has 2 N–H and O–H groups in total. The summed E-state index contributed by atoms with van der Waals surface area (Å²) >= 11 is 0. The first kappa shape index (κ1) is 27.5. The molecule has 0 radical (unpaired) electrons. The molecule has 5 aromatic rings. The molecule has 0 unspecified atom stereocenters. The zero-order chi connectivity index (χ0) is 29.0. The van der Waals surface area contributed by atoms with Crippen LogP contribution >= 0.6 is 0 Å². The van der Waals surface area contributed by atoms with Crippen molar-refractivity contribution in [3.8, 4) is 0 Å². The maximum atomic E-state index is 13.3. The van der Waals surface area contributed by atoms with Crippen molar-refractivity contribution in [3.05, 3.63) is 108 Å². The van der Waals surface area contributed by atoms with Crippen molar-refractivity contribution in [2.45, 2.75) is 24.8 Å². The number of fused-ring (bicyclic) bond motifs is 1. The summed E-state index contributed by atoms with van der Waals surface area (Å²) in [7, 11) is -2.13. The lowest BCUT2D eigenvalue weighted by Gasteiger charge is -2.17. The van der Waals surface area contributed by atoms with E-state index >= 15 is 0 Å². The van der Waals surface area contributed by atoms with Gasteiger partial charge in [0.1, 0.15) is 0 Å². The molecule has 2 heterocycles. The number of benzene rings is 3. The van der Waals surface area contributed by atoms with Crippen LogP contribution in [0.25, 0.3) is 11.0 Å². The fourth-order valence-corrected chi connectivity index (χ4v) is 5.45. The third kappa shape index (κ3) is 5.94. The van der Waals surface area contributed by atoms with Gasteiger partial charge in [-0.15, -0.1) is 0 Å². The summed E-state index contributed by atoms with van der Waals surface area (Å²) in [5, 5.41) is 2.87. The largest absolute Gasteiger partial charge is 0.311 e. The lowest BCUT2D eigenvalue weighted by atomic mass is 10.2. The van der Waals surface area contributed by atoms with Gasteiger partial charge in [0.15, 0.2) is 0 Å². The van der Waals surface area contributed by atoms with Crippen molar-refractivity contribution in [2.24, 2.45) is 0 Å². The molecule has 11 heteroatoms. The number of carbonyl (C=O) groups excluding carboxylic acids is 2. The number of hydrogen-bond acceptors (Lipinski definition) is 6. The first-order chi connectivity index (χ1) is 19.8. The van der Waals surface area contributed by atoms with Crippen LogP contribution < -0.4 is 14.9 Å². The number of nitrogens with zero attached hydrogens (tertiary/aromatic N) is 4. The van der Waals surface area contributed by atoms with Crippen LogP contribution in [-0.4, -0.2) is 41.8 Å². The number of pyridine rings is 1. The molecule has 0 spiro atoms. The number of anilines is 3. The van der Waals surface area contributed by atoms with Crippen molar-refractivity contribution in [2.75, 3.05) is 22.0 Å². The standard InChI is InChI=1S/C30H28N6O4S/c1-3-17-36-27-15-14-24(35(2)29(38)22-10-8-16-31-20-22)19-26(27)32-30(36)33-28(37)21-9-7-11-23(18-21)34-41(39,40)25-12-5-4-6-13-25/h4-16,18-20,34H,3,17H2,1-2H3,(H,32,33,37). The van der Waals surface area contributed by atoms with Crippen molar-refractivity contribution >= 4 is 50.2 Å². The number of carbonyl (C=O) groups is 2. The van der Waals surface area contributed by atoms with Gasteiger partial charge in [-0.05, 0) is 67.1 Å². The third-order valence-electron chi connectivity index (χ3n) is 6.44. The van der Waals surface area contributed by atoms with E-state index in [0.717, 1.165) is 11.9 Å². The molecule has 0 saturated heterocycles. The summed E-state index contributed by atoms with van der Waals surface area (Å²) in [6.45, 7) is 2.63. The molecule has 0 saturated carbocycles. The van der Waals surface area contributed by atoms with Gasteiger partial charge in [0, 0.05) is 42.9 Å². The highest BCUT2D eigenvalue weighted by Crippen LogP contribution is 2.27. The second-order valence-corrected chi connectivity index (χ2v) is 11.0. The average Bonchev–Trinajstić information content (AvgIpc) is 3.33. The van der Waals surface area contributed by atoms with Crippen LogP contribution in [0.15, 0.2) is 102 Å². The Morgan fingerprint density at radius 1 is 0.927 bits per heavy atom. The molecule has 3 aromatic carbocycles. The predicted molar refractivity (Wildman–Crippen MR) is 159 cm³/mol. The maximum Gasteiger partial charge on any atom is 0.261 e.